The van der Waals surface area contributed by atoms with E-state index in [4.69, 9.17) is 9.97 Å². The fourth-order valence-corrected chi connectivity index (χ4v) is 5.23. The SMILES string of the molecule is C1=NCc2ccc(Nc3nc(N4C5CCC4CNC5)nc4sccc34)cc21. The largest absolute Gasteiger partial charge is 0.340 e. The number of aromatic nitrogens is 2. The lowest BCUT2D eigenvalue weighted by Crippen LogP contribution is -2.52. The molecule has 2 bridgehead atoms. The van der Waals surface area contributed by atoms with Crippen LogP contribution in [0.15, 0.2) is 34.6 Å². The summed E-state index contributed by atoms with van der Waals surface area (Å²) in [6, 6.07) is 9.53. The van der Waals surface area contributed by atoms with Crippen molar-refractivity contribution in [3.05, 3.63) is 40.8 Å². The van der Waals surface area contributed by atoms with E-state index in [9.17, 15) is 0 Å². The second-order valence-corrected chi connectivity index (χ2v) is 8.37. The normalized spacial score (nSPS) is 23.2. The number of fused-ring (bicyclic) bond motifs is 4. The second-order valence-electron chi connectivity index (χ2n) is 7.47. The van der Waals surface area contributed by atoms with Crippen LogP contribution in [0.25, 0.3) is 10.2 Å². The van der Waals surface area contributed by atoms with Crippen molar-refractivity contribution < 1.29 is 0 Å². The number of benzene rings is 1. The summed E-state index contributed by atoms with van der Waals surface area (Å²) in [5.74, 6) is 1.76. The zero-order valence-electron chi connectivity index (χ0n) is 14.9. The number of anilines is 3. The maximum absolute atomic E-state index is 4.98. The van der Waals surface area contributed by atoms with Crippen LogP contribution in [0, 0.1) is 0 Å². The highest BCUT2D eigenvalue weighted by Gasteiger charge is 2.38. The minimum absolute atomic E-state index is 0.505. The van der Waals surface area contributed by atoms with Gasteiger partial charge in [0.15, 0.2) is 0 Å². The summed E-state index contributed by atoms with van der Waals surface area (Å²) in [6.07, 6.45) is 4.39. The van der Waals surface area contributed by atoms with E-state index in [-0.39, 0.29) is 0 Å². The lowest BCUT2D eigenvalue weighted by Gasteiger charge is -2.35. The van der Waals surface area contributed by atoms with Gasteiger partial charge in [-0.15, -0.1) is 11.3 Å². The second kappa shape index (κ2) is 6.00. The Labute approximate surface area is 161 Å². The lowest BCUT2D eigenvalue weighted by molar-refractivity contribution is 0.477. The van der Waals surface area contributed by atoms with E-state index in [1.165, 1.54) is 24.0 Å². The Morgan fingerprint density at radius 3 is 2.89 bits per heavy atom. The molecule has 27 heavy (non-hydrogen) atoms. The molecule has 3 aromatic rings. The predicted octanol–water partition coefficient (Wildman–Crippen LogP) is 3.31. The number of nitrogens with zero attached hydrogens (tertiary/aromatic N) is 4. The molecule has 136 valence electrons. The van der Waals surface area contributed by atoms with E-state index in [1.807, 2.05) is 6.21 Å². The van der Waals surface area contributed by atoms with Gasteiger partial charge in [0, 0.05) is 37.1 Å². The van der Waals surface area contributed by atoms with Crippen molar-refractivity contribution in [3.8, 4) is 0 Å². The highest BCUT2D eigenvalue weighted by Crippen LogP contribution is 2.35. The third kappa shape index (κ3) is 2.53. The molecule has 6 rings (SSSR count). The molecule has 5 heterocycles. The molecule has 0 aliphatic carbocycles. The molecule has 0 spiro atoms. The Balaban J connectivity index is 1.41. The highest BCUT2D eigenvalue weighted by molar-refractivity contribution is 7.16. The molecule has 0 saturated carbocycles. The molecular formula is C20H20N6S. The van der Waals surface area contributed by atoms with Gasteiger partial charge in [-0.2, -0.15) is 4.98 Å². The van der Waals surface area contributed by atoms with Crippen LogP contribution in [0.4, 0.5) is 17.5 Å². The topological polar surface area (TPSA) is 65.4 Å². The minimum atomic E-state index is 0.505. The van der Waals surface area contributed by atoms with Crippen molar-refractivity contribution in [1.82, 2.24) is 15.3 Å². The zero-order chi connectivity index (χ0) is 17.8. The van der Waals surface area contributed by atoms with E-state index in [0.717, 1.165) is 47.3 Å². The molecule has 0 radical (unpaired) electrons. The van der Waals surface area contributed by atoms with Crippen molar-refractivity contribution in [2.24, 2.45) is 4.99 Å². The maximum atomic E-state index is 4.98. The molecule has 2 N–H and O–H groups in total. The zero-order valence-corrected chi connectivity index (χ0v) is 15.7. The summed E-state index contributed by atoms with van der Waals surface area (Å²) in [5, 5.41) is 10.3. The van der Waals surface area contributed by atoms with Crippen LogP contribution in [-0.2, 0) is 6.54 Å². The minimum Gasteiger partial charge on any atom is -0.340 e. The molecular weight excluding hydrogens is 356 g/mol. The third-order valence-electron chi connectivity index (χ3n) is 5.82. The van der Waals surface area contributed by atoms with Gasteiger partial charge < -0.3 is 15.5 Å². The number of hydrogen-bond donors (Lipinski definition) is 2. The van der Waals surface area contributed by atoms with Gasteiger partial charge in [-0.3, -0.25) is 4.99 Å². The standard InChI is InChI=1S/C20H20N6S/c1-2-14(7-13-9-21-8-12(1)13)23-18-17-5-6-27-19(17)25-20(24-18)26-15-3-4-16(26)11-22-10-15/h1-2,5-7,9,15-16,22H,3-4,8,10-11H2,(H,23,24,25). The van der Waals surface area contributed by atoms with Gasteiger partial charge in [0.05, 0.1) is 11.9 Å². The van der Waals surface area contributed by atoms with Crippen molar-refractivity contribution in [2.45, 2.75) is 31.5 Å². The Morgan fingerprint density at radius 2 is 2.00 bits per heavy atom. The summed E-state index contributed by atoms with van der Waals surface area (Å²) >= 11 is 1.68. The quantitative estimate of drug-likeness (QED) is 0.734. The summed E-state index contributed by atoms with van der Waals surface area (Å²) in [4.78, 5) is 17.7. The Bertz CT molecular complexity index is 1040. The highest BCUT2D eigenvalue weighted by atomic mass is 32.1. The molecule has 0 amide bonds. The first-order valence-electron chi connectivity index (χ1n) is 9.49. The van der Waals surface area contributed by atoms with Crippen molar-refractivity contribution in [2.75, 3.05) is 23.3 Å². The monoisotopic (exact) mass is 376 g/mol. The van der Waals surface area contributed by atoms with Gasteiger partial charge in [0.1, 0.15) is 10.6 Å². The fraction of sp³-hybridized carbons (Fsp3) is 0.350. The van der Waals surface area contributed by atoms with Gasteiger partial charge >= 0.3 is 0 Å². The first-order valence-corrected chi connectivity index (χ1v) is 10.4. The molecule has 2 fully saturated rings. The first kappa shape index (κ1) is 15.5. The number of rotatable bonds is 3. The Hall–Kier alpha value is -2.51. The number of hydrogen-bond acceptors (Lipinski definition) is 7. The number of nitrogens with one attached hydrogen (secondary N) is 2. The number of piperazine rings is 1. The molecule has 2 atom stereocenters. The Morgan fingerprint density at radius 1 is 1.11 bits per heavy atom. The van der Waals surface area contributed by atoms with E-state index in [1.54, 1.807) is 11.3 Å². The molecule has 3 aliphatic heterocycles. The third-order valence-corrected chi connectivity index (χ3v) is 6.63. The molecule has 7 heteroatoms. The van der Waals surface area contributed by atoms with Crippen molar-refractivity contribution >= 4 is 45.2 Å². The van der Waals surface area contributed by atoms with Crippen LogP contribution in [0.1, 0.15) is 24.0 Å². The smallest absolute Gasteiger partial charge is 0.229 e. The van der Waals surface area contributed by atoms with Crippen LogP contribution in [0.5, 0.6) is 0 Å². The average Bonchev–Trinajstić information content (AvgIpc) is 3.39. The lowest BCUT2D eigenvalue weighted by atomic mass is 10.1. The van der Waals surface area contributed by atoms with Crippen LogP contribution >= 0.6 is 11.3 Å². The molecule has 2 aromatic heterocycles. The van der Waals surface area contributed by atoms with Gasteiger partial charge in [-0.25, -0.2) is 4.98 Å². The van der Waals surface area contributed by atoms with E-state index < -0.39 is 0 Å². The van der Waals surface area contributed by atoms with E-state index >= 15 is 0 Å². The van der Waals surface area contributed by atoms with Gasteiger partial charge in [-0.1, -0.05) is 6.07 Å². The van der Waals surface area contributed by atoms with Crippen molar-refractivity contribution in [3.63, 3.8) is 0 Å². The fourth-order valence-electron chi connectivity index (χ4n) is 4.48. The molecule has 2 unspecified atom stereocenters. The molecule has 3 aliphatic rings. The van der Waals surface area contributed by atoms with Gasteiger partial charge in [-0.05, 0) is 47.5 Å². The maximum Gasteiger partial charge on any atom is 0.229 e. The van der Waals surface area contributed by atoms with E-state index in [2.05, 4.69) is 50.2 Å². The summed E-state index contributed by atoms with van der Waals surface area (Å²) in [7, 11) is 0. The van der Waals surface area contributed by atoms with Crippen LogP contribution in [-0.4, -0.2) is 41.4 Å². The molecule has 2 saturated heterocycles. The predicted molar refractivity (Wildman–Crippen MR) is 111 cm³/mol. The summed E-state index contributed by atoms with van der Waals surface area (Å²) in [6.45, 7) is 2.83. The summed E-state index contributed by atoms with van der Waals surface area (Å²) < 4.78 is 0. The van der Waals surface area contributed by atoms with E-state index in [0.29, 0.717) is 12.1 Å². The average molecular weight is 376 g/mol. The number of thiophene rings is 1. The van der Waals surface area contributed by atoms with Crippen LogP contribution < -0.4 is 15.5 Å². The summed E-state index contributed by atoms with van der Waals surface area (Å²) in [5.41, 5.74) is 3.51. The van der Waals surface area contributed by atoms with Gasteiger partial charge in [0.2, 0.25) is 5.95 Å². The Kier molecular flexibility index (Phi) is 3.45. The molecule has 6 nitrogen and oxygen atoms in total. The van der Waals surface area contributed by atoms with Crippen LogP contribution in [0.3, 0.4) is 0 Å². The first-order chi connectivity index (χ1) is 13.3. The van der Waals surface area contributed by atoms with Crippen molar-refractivity contribution in [1.29, 1.82) is 0 Å². The van der Waals surface area contributed by atoms with Gasteiger partial charge in [0.25, 0.3) is 0 Å². The van der Waals surface area contributed by atoms with Crippen LogP contribution in [0.2, 0.25) is 0 Å². The number of aliphatic imine (C=N–C) groups is 1. The molecule has 1 aromatic carbocycles.